The molecule has 8 heteroatoms. The SMILES string of the molecule is O=C(O)c1cc(S(=O)(=O)NCC2CCN(c3ccccc3)C2)cs1. The molecule has 0 spiro atoms. The molecular weight excluding hydrogens is 348 g/mol. The summed E-state index contributed by atoms with van der Waals surface area (Å²) in [7, 11) is -3.66. The van der Waals surface area contributed by atoms with Gasteiger partial charge in [-0.3, -0.25) is 0 Å². The van der Waals surface area contributed by atoms with Crippen LogP contribution in [0.5, 0.6) is 0 Å². The summed E-state index contributed by atoms with van der Waals surface area (Å²) in [6.07, 6.45) is 0.918. The number of nitrogens with one attached hydrogen (secondary N) is 1. The molecule has 1 aromatic carbocycles. The van der Waals surface area contributed by atoms with Gasteiger partial charge in [0.15, 0.2) is 0 Å². The average Bonchev–Trinajstić information content (AvgIpc) is 3.24. The maximum atomic E-state index is 12.3. The van der Waals surface area contributed by atoms with Gasteiger partial charge in [0.1, 0.15) is 4.88 Å². The van der Waals surface area contributed by atoms with Crippen molar-refractivity contribution >= 4 is 33.0 Å². The van der Waals surface area contributed by atoms with Crippen LogP contribution < -0.4 is 9.62 Å². The van der Waals surface area contributed by atoms with Gasteiger partial charge in [-0.2, -0.15) is 0 Å². The van der Waals surface area contributed by atoms with Crippen LogP contribution in [0.3, 0.4) is 0 Å². The van der Waals surface area contributed by atoms with E-state index in [1.165, 1.54) is 11.4 Å². The molecule has 0 amide bonds. The Balaban J connectivity index is 1.58. The largest absolute Gasteiger partial charge is 0.477 e. The number of carboxylic acid groups (broad SMARTS) is 1. The van der Waals surface area contributed by atoms with Crippen molar-refractivity contribution in [2.45, 2.75) is 11.3 Å². The number of para-hydroxylation sites is 1. The van der Waals surface area contributed by atoms with E-state index in [9.17, 15) is 13.2 Å². The molecule has 2 aromatic rings. The number of rotatable bonds is 6. The van der Waals surface area contributed by atoms with Gasteiger partial charge < -0.3 is 10.0 Å². The number of carboxylic acids is 1. The van der Waals surface area contributed by atoms with Crippen molar-refractivity contribution in [3.05, 3.63) is 46.7 Å². The van der Waals surface area contributed by atoms with Gasteiger partial charge in [-0.15, -0.1) is 11.3 Å². The minimum absolute atomic E-state index is 0.0165. The van der Waals surface area contributed by atoms with Gasteiger partial charge in [0.25, 0.3) is 0 Å². The van der Waals surface area contributed by atoms with Gasteiger partial charge in [0, 0.05) is 30.7 Å². The molecule has 0 radical (unpaired) electrons. The van der Waals surface area contributed by atoms with Crippen molar-refractivity contribution in [1.29, 1.82) is 0 Å². The van der Waals surface area contributed by atoms with E-state index in [1.54, 1.807) is 0 Å². The maximum absolute atomic E-state index is 12.3. The quantitative estimate of drug-likeness (QED) is 0.819. The zero-order chi connectivity index (χ0) is 17.2. The van der Waals surface area contributed by atoms with Crippen LogP contribution in [0.15, 0.2) is 46.7 Å². The van der Waals surface area contributed by atoms with Crippen LogP contribution in [-0.4, -0.2) is 39.1 Å². The van der Waals surface area contributed by atoms with Crippen molar-refractivity contribution in [3.63, 3.8) is 0 Å². The molecule has 1 saturated heterocycles. The van der Waals surface area contributed by atoms with Gasteiger partial charge in [-0.05, 0) is 30.5 Å². The zero-order valence-corrected chi connectivity index (χ0v) is 14.5. The fourth-order valence-electron chi connectivity index (χ4n) is 2.76. The second-order valence-corrected chi connectivity index (χ2v) is 8.42. The van der Waals surface area contributed by atoms with Gasteiger partial charge in [0.2, 0.25) is 10.0 Å². The third-order valence-electron chi connectivity index (χ3n) is 4.07. The number of carbonyl (C=O) groups is 1. The van der Waals surface area contributed by atoms with Gasteiger partial charge in [-0.1, -0.05) is 18.2 Å². The predicted molar refractivity (Wildman–Crippen MR) is 93.2 cm³/mol. The normalized spacial score (nSPS) is 18.0. The lowest BCUT2D eigenvalue weighted by atomic mass is 10.1. The molecule has 3 rings (SSSR count). The molecule has 0 bridgehead atoms. The van der Waals surface area contributed by atoms with E-state index in [0.29, 0.717) is 6.54 Å². The Bertz CT molecular complexity index is 818. The first-order chi connectivity index (χ1) is 11.5. The molecule has 1 aliphatic heterocycles. The molecule has 2 N–H and O–H groups in total. The summed E-state index contributed by atoms with van der Waals surface area (Å²) in [5.41, 5.74) is 1.15. The molecule has 128 valence electrons. The monoisotopic (exact) mass is 366 g/mol. The number of hydrogen-bond donors (Lipinski definition) is 2. The number of aromatic carboxylic acids is 1. The Morgan fingerprint density at radius 2 is 2.08 bits per heavy atom. The van der Waals surface area contributed by atoms with Crippen molar-refractivity contribution in [2.75, 3.05) is 24.5 Å². The van der Waals surface area contributed by atoms with Crippen LogP contribution in [0.4, 0.5) is 5.69 Å². The minimum atomic E-state index is -3.66. The molecule has 1 aliphatic rings. The van der Waals surface area contributed by atoms with Gasteiger partial charge >= 0.3 is 5.97 Å². The standard InChI is InChI=1S/C16H18N2O4S2/c19-16(20)15-8-14(11-23-15)24(21,22)17-9-12-6-7-18(10-12)13-4-2-1-3-5-13/h1-5,8,11-12,17H,6-7,9-10H2,(H,19,20). The summed E-state index contributed by atoms with van der Waals surface area (Å²) < 4.78 is 27.1. The third-order valence-corrected chi connectivity index (χ3v) is 6.54. The predicted octanol–water partition coefficient (Wildman–Crippen LogP) is 2.25. The van der Waals surface area contributed by atoms with Crippen molar-refractivity contribution in [2.24, 2.45) is 5.92 Å². The summed E-state index contributed by atoms with van der Waals surface area (Å²) in [6, 6.07) is 11.2. The Morgan fingerprint density at radius 3 is 2.75 bits per heavy atom. The summed E-state index contributed by atoms with van der Waals surface area (Å²) in [6.45, 7) is 2.05. The molecule has 2 heterocycles. The van der Waals surface area contributed by atoms with Crippen LogP contribution in [-0.2, 0) is 10.0 Å². The van der Waals surface area contributed by atoms with E-state index in [1.807, 2.05) is 30.3 Å². The van der Waals surface area contributed by atoms with Crippen LogP contribution in [0.1, 0.15) is 16.1 Å². The van der Waals surface area contributed by atoms with Crippen LogP contribution >= 0.6 is 11.3 Å². The van der Waals surface area contributed by atoms with E-state index >= 15 is 0 Å². The molecule has 24 heavy (non-hydrogen) atoms. The fraction of sp³-hybridized carbons (Fsp3) is 0.312. The Labute approximate surface area is 144 Å². The second-order valence-electron chi connectivity index (χ2n) is 5.74. The Morgan fingerprint density at radius 1 is 1.33 bits per heavy atom. The van der Waals surface area contributed by atoms with E-state index < -0.39 is 16.0 Å². The van der Waals surface area contributed by atoms with Crippen molar-refractivity contribution in [3.8, 4) is 0 Å². The molecule has 0 saturated carbocycles. The zero-order valence-electron chi connectivity index (χ0n) is 12.9. The van der Waals surface area contributed by atoms with E-state index in [2.05, 4.69) is 9.62 Å². The highest BCUT2D eigenvalue weighted by Crippen LogP contribution is 2.24. The maximum Gasteiger partial charge on any atom is 0.345 e. The number of sulfonamides is 1. The number of thiophene rings is 1. The Hall–Kier alpha value is -1.90. The summed E-state index contributed by atoms with van der Waals surface area (Å²) in [5, 5.41) is 10.3. The van der Waals surface area contributed by atoms with Crippen molar-refractivity contribution < 1.29 is 18.3 Å². The van der Waals surface area contributed by atoms with Crippen LogP contribution in [0, 0.1) is 5.92 Å². The van der Waals surface area contributed by atoms with E-state index in [4.69, 9.17) is 5.11 Å². The first-order valence-electron chi connectivity index (χ1n) is 7.57. The molecule has 1 fully saturated rings. The number of nitrogens with zero attached hydrogens (tertiary/aromatic N) is 1. The first kappa shape index (κ1) is 16.9. The topological polar surface area (TPSA) is 86.7 Å². The summed E-state index contributed by atoms with van der Waals surface area (Å²) in [4.78, 5) is 13.1. The highest BCUT2D eigenvalue weighted by Gasteiger charge is 2.25. The third kappa shape index (κ3) is 3.77. The lowest BCUT2D eigenvalue weighted by Gasteiger charge is -2.18. The second kappa shape index (κ2) is 6.92. The first-order valence-corrected chi connectivity index (χ1v) is 9.93. The van der Waals surface area contributed by atoms with Gasteiger partial charge in [-0.25, -0.2) is 17.9 Å². The fourth-order valence-corrected chi connectivity index (χ4v) is 4.98. The smallest absolute Gasteiger partial charge is 0.345 e. The number of anilines is 1. The summed E-state index contributed by atoms with van der Waals surface area (Å²) in [5.74, 6) is -0.881. The molecule has 0 aliphatic carbocycles. The molecule has 1 atom stereocenters. The molecular formula is C16H18N2O4S2. The lowest BCUT2D eigenvalue weighted by Crippen LogP contribution is -2.30. The molecule has 6 nitrogen and oxygen atoms in total. The highest BCUT2D eigenvalue weighted by molar-refractivity contribution is 7.89. The van der Waals surface area contributed by atoms with Gasteiger partial charge in [0.05, 0.1) is 4.90 Å². The number of benzene rings is 1. The number of hydrogen-bond acceptors (Lipinski definition) is 5. The van der Waals surface area contributed by atoms with Crippen molar-refractivity contribution in [1.82, 2.24) is 4.72 Å². The van der Waals surface area contributed by atoms with E-state index in [-0.39, 0.29) is 15.7 Å². The lowest BCUT2D eigenvalue weighted by molar-refractivity contribution is 0.0702. The van der Waals surface area contributed by atoms with Crippen LogP contribution in [0.25, 0.3) is 0 Å². The average molecular weight is 366 g/mol. The van der Waals surface area contributed by atoms with Crippen LogP contribution in [0.2, 0.25) is 0 Å². The molecule has 1 unspecified atom stereocenters. The molecule has 1 aromatic heterocycles. The van der Waals surface area contributed by atoms with E-state index in [0.717, 1.165) is 36.5 Å². The highest BCUT2D eigenvalue weighted by atomic mass is 32.2. The minimum Gasteiger partial charge on any atom is -0.477 e. The Kier molecular flexibility index (Phi) is 4.88. The summed E-state index contributed by atoms with van der Waals surface area (Å²) >= 11 is 0.913.